The second-order valence-corrected chi connectivity index (χ2v) is 15.3. The molecule has 1 saturated heterocycles. The Morgan fingerprint density at radius 2 is 1.62 bits per heavy atom. The van der Waals surface area contributed by atoms with Gasteiger partial charge in [0.2, 0.25) is 17.8 Å². The number of nitrogens with zero attached hydrogens (tertiary/aromatic N) is 5. The first-order chi connectivity index (χ1) is 27.5. The number of aromatic nitrogens is 6. The third-order valence-electron chi connectivity index (χ3n) is 11.0. The SMILES string of the molecule is N[C@@H](CCC(=O)N1CCC(Nc2nc(NCc3cn(CCCNCCCNC4CCCCC4)[nH]3)nc3ccccc23)CC1)C(=O)NCc1nc2ccccc2[nH]1. The number of nitrogens with two attached hydrogens (primary N) is 1. The molecule has 0 bridgehead atoms. The van der Waals surface area contributed by atoms with E-state index >= 15 is 0 Å². The Hall–Kier alpha value is -4.99. The van der Waals surface area contributed by atoms with Gasteiger partial charge in [-0.05, 0) is 88.8 Å². The Balaban J connectivity index is 0.792. The van der Waals surface area contributed by atoms with Gasteiger partial charge in [-0.2, -0.15) is 4.98 Å². The van der Waals surface area contributed by atoms with E-state index in [1.54, 1.807) is 0 Å². The van der Waals surface area contributed by atoms with Gasteiger partial charge in [0.05, 0.1) is 41.4 Å². The van der Waals surface area contributed by atoms with Crippen molar-refractivity contribution in [2.24, 2.45) is 5.73 Å². The number of anilines is 2. The van der Waals surface area contributed by atoms with Crippen LogP contribution >= 0.6 is 0 Å². The number of carbonyl (C=O) groups is 2. The van der Waals surface area contributed by atoms with Gasteiger partial charge in [-0.3, -0.25) is 19.4 Å². The van der Waals surface area contributed by atoms with Gasteiger partial charge in [0, 0.05) is 49.7 Å². The number of rotatable bonds is 20. The van der Waals surface area contributed by atoms with Crippen LogP contribution in [0.5, 0.6) is 0 Å². The highest BCUT2D eigenvalue weighted by atomic mass is 16.2. The van der Waals surface area contributed by atoms with Crippen LogP contribution in [0.25, 0.3) is 21.9 Å². The average Bonchev–Trinajstić information content (AvgIpc) is 3.64. The summed E-state index contributed by atoms with van der Waals surface area (Å²) >= 11 is 0. The van der Waals surface area contributed by atoms with E-state index in [1.165, 1.54) is 38.5 Å². The number of piperidine rings is 1. The third-order valence-corrected chi connectivity index (χ3v) is 11.0. The van der Waals surface area contributed by atoms with E-state index in [0.29, 0.717) is 31.4 Å². The minimum atomic E-state index is -0.771. The molecule has 2 aromatic carbocycles. The second-order valence-electron chi connectivity index (χ2n) is 15.3. The van der Waals surface area contributed by atoms with Gasteiger partial charge in [0.25, 0.3) is 0 Å². The average molecular weight is 766 g/mol. The van der Waals surface area contributed by atoms with Crippen molar-refractivity contribution >= 4 is 45.5 Å². The normalized spacial score (nSPS) is 16.1. The Morgan fingerprint density at radius 3 is 2.45 bits per heavy atom. The summed E-state index contributed by atoms with van der Waals surface area (Å²) in [5.74, 6) is 1.74. The Kier molecular flexibility index (Phi) is 13.8. The highest BCUT2D eigenvalue weighted by molar-refractivity contribution is 5.90. The van der Waals surface area contributed by atoms with Crippen molar-refractivity contribution in [1.82, 2.24) is 50.6 Å². The predicted molar refractivity (Wildman–Crippen MR) is 221 cm³/mol. The number of hydrogen-bond donors (Lipinski definition) is 8. The summed E-state index contributed by atoms with van der Waals surface area (Å²) in [7, 11) is 0. The molecule has 0 unspecified atom stereocenters. The molecule has 4 heterocycles. The molecule has 15 nitrogen and oxygen atoms in total. The number of imidazole rings is 1. The van der Waals surface area contributed by atoms with Gasteiger partial charge < -0.3 is 42.2 Å². The van der Waals surface area contributed by atoms with E-state index in [4.69, 9.17) is 15.7 Å². The fraction of sp³-hybridized carbons (Fsp3) is 0.537. The molecule has 300 valence electrons. The predicted octanol–water partition coefficient (Wildman–Crippen LogP) is 4.37. The summed E-state index contributed by atoms with van der Waals surface area (Å²) < 4.78 is 2.13. The lowest BCUT2D eigenvalue weighted by molar-refractivity contribution is -0.132. The number of aromatic amines is 2. The highest BCUT2D eigenvalue weighted by Crippen LogP contribution is 2.25. The summed E-state index contributed by atoms with van der Waals surface area (Å²) in [5, 5.41) is 21.6. The Labute approximate surface area is 328 Å². The molecular weight excluding hydrogens is 707 g/mol. The van der Waals surface area contributed by atoms with E-state index in [-0.39, 0.29) is 37.2 Å². The van der Waals surface area contributed by atoms with Crippen molar-refractivity contribution in [2.75, 3.05) is 43.4 Å². The first kappa shape index (κ1) is 39.3. The van der Waals surface area contributed by atoms with E-state index in [1.807, 2.05) is 53.4 Å². The van der Waals surface area contributed by atoms with Crippen LogP contribution in [0.2, 0.25) is 0 Å². The lowest BCUT2D eigenvalue weighted by atomic mass is 9.95. The quantitative estimate of drug-likeness (QED) is 0.0527. The molecule has 9 N–H and O–H groups in total. The van der Waals surface area contributed by atoms with Gasteiger partial charge in [0.15, 0.2) is 0 Å². The fourth-order valence-corrected chi connectivity index (χ4v) is 7.76. The number of benzene rings is 2. The standard InChI is InChI=1S/C41H59N13O2/c42-33(40(56)45-27-37-48-35-14-6-7-15-36(35)49-37)16-17-38(55)53-24-18-30(19-25-53)47-39-32-12-4-5-13-34(32)50-41(51-39)46-26-31-28-54(52-31)23-9-21-43-20-8-22-44-29-10-2-1-3-11-29/h4-7,12-15,28-30,33,43-44,52H,1-3,8-11,16-27,42H2,(H,45,56)(H,48,49)(H2,46,47,50,51)/t33-/m0/s1. The largest absolute Gasteiger partial charge is 0.367 e. The number of likely N-dealkylation sites (tertiary alicyclic amines) is 1. The van der Waals surface area contributed by atoms with Gasteiger partial charge in [0.1, 0.15) is 11.6 Å². The topological polar surface area (TPSA) is 199 Å². The van der Waals surface area contributed by atoms with Crippen molar-refractivity contribution in [2.45, 2.75) is 108 Å². The molecule has 15 heteroatoms. The van der Waals surface area contributed by atoms with Crippen molar-refractivity contribution in [3.8, 4) is 0 Å². The van der Waals surface area contributed by atoms with Gasteiger partial charge in [-0.15, -0.1) is 0 Å². The Morgan fingerprint density at radius 1 is 0.857 bits per heavy atom. The molecule has 2 aliphatic rings. The van der Waals surface area contributed by atoms with Crippen molar-refractivity contribution in [3.05, 3.63) is 66.2 Å². The van der Waals surface area contributed by atoms with E-state index in [0.717, 1.165) is 84.9 Å². The molecule has 1 aliphatic carbocycles. The number of carbonyl (C=O) groups excluding carboxylic acids is 2. The molecule has 1 atom stereocenters. The van der Waals surface area contributed by atoms with E-state index in [2.05, 4.69) is 52.5 Å². The summed E-state index contributed by atoms with van der Waals surface area (Å²) in [6.45, 7) is 6.25. The molecular formula is C41H59N13O2. The van der Waals surface area contributed by atoms with Crippen LogP contribution in [-0.2, 0) is 29.2 Å². The molecule has 3 aromatic heterocycles. The first-order valence-electron chi connectivity index (χ1n) is 20.7. The maximum absolute atomic E-state index is 13.1. The fourth-order valence-electron chi connectivity index (χ4n) is 7.76. The number of nitrogens with one attached hydrogen (secondary N) is 7. The third kappa shape index (κ3) is 11.1. The maximum atomic E-state index is 13.1. The molecule has 1 saturated carbocycles. The summed E-state index contributed by atoms with van der Waals surface area (Å²) in [6, 6.07) is 15.9. The molecule has 1 aliphatic heterocycles. The number of hydrogen-bond acceptors (Lipinski definition) is 10. The molecule has 5 aromatic rings. The second kappa shape index (κ2) is 19.7. The van der Waals surface area contributed by atoms with E-state index < -0.39 is 6.04 Å². The van der Waals surface area contributed by atoms with Crippen LogP contribution in [-0.4, -0.2) is 97.3 Å². The van der Waals surface area contributed by atoms with Crippen molar-refractivity contribution in [1.29, 1.82) is 0 Å². The summed E-state index contributed by atoms with van der Waals surface area (Å²) in [5.41, 5.74) is 9.88. The van der Waals surface area contributed by atoms with Crippen LogP contribution < -0.4 is 32.3 Å². The highest BCUT2D eigenvalue weighted by Gasteiger charge is 2.25. The number of aryl methyl sites for hydroxylation is 1. The molecule has 2 amide bonds. The summed E-state index contributed by atoms with van der Waals surface area (Å²) in [4.78, 5) is 44.9. The number of H-pyrrole nitrogens is 2. The molecule has 0 spiro atoms. The summed E-state index contributed by atoms with van der Waals surface area (Å²) in [6.07, 6.45) is 13.3. The van der Waals surface area contributed by atoms with Gasteiger partial charge in [-0.1, -0.05) is 43.5 Å². The minimum Gasteiger partial charge on any atom is -0.367 e. The van der Waals surface area contributed by atoms with Crippen LogP contribution in [0.15, 0.2) is 54.7 Å². The monoisotopic (exact) mass is 765 g/mol. The van der Waals surface area contributed by atoms with Crippen LogP contribution in [0.1, 0.15) is 82.1 Å². The van der Waals surface area contributed by atoms with Gasteiger partial charge in [-0.25, -0.2) is 9.97 Å². The lowest BCUT2D eigenvalue weighted by Gasteiger charge is -2.33. The zero-order valence-electron chi connectivity index (χ0n) is 32.5. The molecule has 2 fully saturated rings. The van der Waals surface area contributed by atoms with Crippen LogP contribution in [0.4, 0.5) is 11.8 Å². The zero-order valence-corrected chi connectivity index (χ0v) is 32.5. The van der Waals surface area contributed by atoms with Crippen molar-refractivity contribution < 1.29 is 9.59 Å². The smallest absolute Gasteiger partial charge is 0.237 e. The maximum Gasteiger partial charge on any atom is 0.237 e. The van der Waals surface area contributed by atoms with Crippen LogP contribution in [0.3, 0.4) is 0 Å². The molecule has 0 radical (unpaired) electrons. The van der Waals surface area contributed by atoms with Gasteiger partial charge >= 0.3 is 0 Å². The lowest BCUT2D eigenvalue weighted by Crippen LogP contribution is -2.44. The molecule has 7 rings (SSSR count). The zero-order chi connectivity index (χ0) is 38.5. The number of amides is 2. The number of para-hydroxylation sites is 3. The van der Waals surface area contributed by atoms with Crippen molar-refractivity contribution in [3.63, 3.8) is 0 Å². The number of fused-ring (bicyclic) bond motifs is 2. The molecule has 56 heavy (non-hydrogen) atoms. The first-order valence-corrected chi connectivity index (χ1v) is 20.7. The van der Waals surface area contributed by atoms with Crippen LogP contribution in [0, 0.1) is 0 Å². The van der Waals surface area contributed by atoms with E-state index in [9.17, 15) is 9.59 Å². The minimum absolute atomic E-state index is 0.0186. The Bertz CT molecular complexity index is 1940.